The van der Waals surface area contributed by atoms with E-state index >= 15 is 0 Å². The maximum absolute atomic E-state index is 3.65. The third-order valence-electron chi connectivity index (χ3n) is 4.42. The van der Waals surface area contributed by atoms with Crippen molar-refractivity contribution in [3.63, 3.8) is 0 Å². The van der Waals surface area contributed by atoms with Crippen LogP contribution in [0.2, 0.25) is 0 Å². The minimum atomic E-state index is 0.308. The highest BCUT2D eigenvalue weighted by Gasteiger charge is 2.33. The van der Waals surface area contributed by atoms with Crippen LogP contribution in [0, 0.1) is 5.92 Å². The Morgan fingerprint density at radius 1 is 1.16 bits per heavy atom. The van der Waals surface area contributed by atoms with Crippen LogP contribution in [0.3, 0.4) is 0 Å². The molecular formula is C16H35N3. The van der Waals surface area contributed by atoms with Crippen LogP contribution in [0.15, 0.2) is 0 Å². The van der Waals surface area contributed by atoms with Crippen LogP contribution in [-0.2, 0) is 0 Å². The number of piperazine rings is 1. The molecule has 3 heteroatoms. The summed E-state index contributed by atoms with van der Waals surface area (Å²) < 4.78 is 0. The molecule has 0 amide bonds. The molecule has 0 aromatic carbocycles. The average molecular weight is 269 g/mol. The molecule has 3 nitrogen and oxygen atoms in total. The van der Waals surface area contributed by atoms with E-state index in [0.717, 1.165) is 19.0 Å². The van der Waals surface area contributed by atoms with Gasteiger partial charge in [0, 0.05) is 37.8 Å². The zero-order chi connectivity index (χ0) is 14.5. The fraction of sp³-hybridized carbons (Fsp3) is 1.00. The highest BCUT2D eigenvalue weighted by molar-refractivity contribution is 4.91. The molecule has 1 saturated heterocycles. The highest BCUT2D eigenvalue weighted by atomic mass is 15.3. The van der Waals surface area contributed by atoms with Crippen LogP contribution in [-0.4, -0.2) is 61.2 Å². The number of likely N-dealkylation sites (N-methyl/N-ethyl adjacent to an activating group) is 1. The standard InChI is InChI=1S/C16H35N3/c1-7-8-15(12-17-11-14(2)3)19-10-9-18(6)16(4,5)13-19/h14-15,17H,7-13H2,1-6H3. The zero-order valence-electron chi connectivity index (χ0n) is 14.0. The van der Waals surface area contributed by atoms with E-state index in [1.807, 2.05) is 0 Å². The maximum atomic E-state index is 3.65. The lowest BCUT2D eigenvalue weighted by atomic mass is 9.97. The van der Waals surface area contributed by atoms with Crippen molar-refractivity contribution in [3.05, 3.63) is 0 Å². The zero-order valence-corrected chi connectivity index (χ0v) is 14.0. The van der Waals surface area contributed by atoms with Crippen molar-refractivity contribution < 1.29 is 0 Å². The minimum Gasteiger partial charge on any atom is -0.315 e. The van der Waals surface area contributed by atoms with E-state index in [1.165, 1.54) is 32.5 Å². The molecule has 1 rings (SSSR count). The van der Waals surface area contributed by atoms with Crippen LogP contribution in [0.25, 0.3) is 0 Å². The van der Waals surface area contributed by atoms with E-state index in [0.29, 0.717) is 11.6 Å². The van der Waals surface area contributed by atoms with E-state index in [-0.39, 0.29) is 0 Å². The van der Waals surface area contributed by atoms with Crippen LogP contribution in [0.1, 0.15) is 47.5 Å². The lowest BCUT2D eigenvalue weighted by Gasteiger charge is -2.48. The molecule has 0 spiro atoms. The van der Waals surface area contributed by atoms with Crippen LogP contribution in [0.4, 0.5) is 0 Å². The number of hydrogen-bond acceptors (Lipinski definition) is 3. The van der Waals surface area contributed by atoms with Crippen molar-refractivity contribution in [3.8, 4) is 0 Å². The third-order valence-corrected chi connectivity index (χ3v) is 4.42. The first-order valence-electron chi connectivity index (χ1n) is 8.02. The van der Waals surface area contributed by atoms with Gasteiger partial charge in [-0.25, -0.2) is 0 Å². The molecule has 0 saturated carbocycles. The van der Waals surface area contributed by atoms with Gasteiger partial charge in [0.05, 0.1) is 0 Å². The van der Waals surface area contributed by atoms with Gasteiger partial charge in [0.15, 0.2) is 0 Å². The van der Waals surface area contributed by atoms with Gasteiger partial charge < -0.3 is 5.32 Å². The fourth-order valence-electron chi connectivity index (χ4n) is 2.88. The molecule has 1 N–H and O–H groups in total. The molecule has 1 atom stereocenters. The Morgan fingerprint density at radius 2 is 1.84 bits per heavy atom. The Morgan fingerprint density at radius 3 is 2.37 bits per heavy atom. The second-order valence-electron chi connectivity index (χ2n) is 7.20. The van der Waals surface area contributed by atoms with Gasteiger partial charge >= 0.3 is 0 Å². The Bertz CT molecular complexity index is 250. The topological polar surface area (TPSA) is 18.5 Å². The smallest absolute Gasteiger partial charge is 0.0277 e. The Kier molecular flexibility index (Phi) is 6.78. The molecule has 19 heavy (non-hydrogen) atoms. The van der Waals surface area contributed by atoms with Gasteiger partial charge in [-0.05, 0) is 39.8 Å². The highest BCUT2D eigenvalue weighted by Crippen LogP contribution is 2.21. The van der Waals surface area contributed by atoms with Gasteiger partial charge in [0.25, 0.3) is 0 Å². The minimum absolute atomic E-state index is 0.308. The summed E-state index contributed by atoms with van der Waals surface area (Å²) >= 11 is 0. The summed E-state index contributed by atoms with van der Waals surface area (Å²) in [7, 11) is 2.25. The monoisotopic (exact) mass is 269 g/mol. The molecule has 1 fully saturated rings. The SMILES string of the molecule is CCCC(CNCC(C)C)N1CCN(C)C(C)(C)C1. The first kappa shape index (κ1) is 16.9. The molecule has 0 aliphatic carbocycles. The summed E-state index contributed by atoms with van der Waals surface area (Å²) in [6.07, 6.45) is 2.59. The molecule has 1 aliphatic rings. The van der Waals surface area contributed by atoms with Crippen LogP contribution >= 0.6 is 0 Å². The quantitative estimate of drug-likeness (QED) is 0.766. The normalized spacial score (nSPS) is 22.9. The molecular weight excluding hydrogens is 234 g/mol. The predicted molar refractivity (Wildman–Crippen MR) is 84.7 cm³/mol. The van der Waals surface area contributed by atoms with Gasteiger partial charge in [-0.2, -0.15) is 0 Å². The maximum Gasteiger partial charge on any atom is 0.0277 e. The Balaban J connectivity index is 2.51. The van der Waals surface area contributed by atoms with E-state index in [2.05, 4.69) is 56.8 Å². The molecule has 0 aromatic rings. The van der Waals surface area contributed by atoms with E-state index < -0.39 is 0 Å². The fourth-order valence-corrected chi connectivity index (χ4v) is 2.88. The van der Waals surface area contributed by atoms with Gasteiger partial charge in [0.1, 0.15) is 0 Å². The number of rotatable bonds is 7. The Labute approximate surface area is 120 Å². The van der Waals surface area contributed by atoms with Crippen molar-refractivity contribution in [1.82, 2.24) is 15.1 Å². The number of nitrogens with zero attached hydrogens (tertiary/aromatic N) is 2. The second kappa shape index (κ2) is 7.61. The first-order valence-corrected chi connectivity index (χ1v) is 8.02. The molecule has 1 heterocycles. The summed E-state index contributed by atoms with van der Waals surface area (Å²) in [5.41, 5.74) is 0.308. The number of nitrogens with one attached hydrogen (secondary N) is 1. The average Bonchev–Trinajstić information content (AvgIpc) is 2.31. The van der Waals surface area contributed by atoms with E-state index in [9.17, 15) is 0 Å². The predicted octanol–water partition coefficient (Wildman–Crippen LogP) is 2.43. The van der Waals surface area contributed by atoms with Crippen molar-refractivity contribution in [2.45, 2.75) is 59.0 Å². The van der Waals surface area contributed by atoms with Gasteiger partial charge in [0.2, 0.25) is 0 Å². The summed E-state index contributed by atoms with van der Waals surface area (Å²) in [4.78, 5) is 5.20. The lowest BCUT2D eigenvalue weighted by molar-refractivity contribution is 0.0145. The van der Waals surface area contributed by atoms with E-state index in [1.54, 1.807) is 0 Å². The van der Waals surface area contributed by atoms with E-state index in [4.69, 9.17) is 0 Å². The van der Waals surface area contributed by atoms with Crippen LogP contribution < -0.4 is 5.32 Å². The molecule has 1 unspecified atom stereocenters. The number of hydrogen-bond donors (Lipinski definition) is 1. The Hall–Kier alpha value is -0.120. The molecule has 0 aromatic heterocycles. The van der Waals surface area contributed by atoms with Crippen molar-refractivity contribution in [2.75, 3.05) is 39.8 Å². The molecule has 114 valence electrons. The summed E-state index contributed by atoms with van der Waals surface area (Å²) in [6.45, 7) is 17.5. The van der Waals surface area contributed by atoms with Crippen molar-refractivity contribution >= 4 is 0 Å². The van der Waals surface area contributed by atoms with Gasteiger partial charge in [-0.3, -0.25) is 9.80 Å². The van der Waals surface area contributed by atoms with Gasteiger partial charge in [-0.1, -0.05) is 27.2 Å². The lowest BCUT2D eigenvalue weighted by Crippen LogP contribution is -2.61. The summed E-state index contributed by atoms with van der Waals surface area (Å²) in [5, 5.41) is 3.65. The molecule has 1 aliphatic heterocycles. The van der Waals surface area contributed by atoms with Gasteiger partial charge in [-0.15, -0.1) is 0 Å². The van der Waals surface area contributed by atoms with Crippen LogP contribution in [0.5, 0.6) is 0 Å². The summed E-state index contributed by atoms with van der Waals surface area (Å²) in [5.74, 6) is 0.742. The second-order valence-corrected chi connectivity index (χ2v) is 7.20. The van der Waals surface area contributed by atoms with Crippen molar-refractivity contribution in [2.24, 2.45) is 5.92 Å². The van der Waals surface area contributed by atoms with Crippen molar-refractivity contribution in [1.29, 1.82) is 0 Å². The molecule has 0 radical (unpaired) electrons. The first-order chi connectivity index (χ1) is 8.86. The molecule has 0 bridgehead atoms. The summed E-state index contributed by atoms with van der Waals surface area (Å²) in [6, 6.07) is 0.705. The largest absolute Gasteiger partial charge is 0.315 e. The third kappa shape index (κ3) is 5.41.